The first-order chi connectivity index (χ1) is 17.7. The van der Waals surface area contributed by atoms with Crippen molar-refractivity contribution in [1.29, 1.82) is 0 Å². The number of nitrogens with zero attached hydrogens (tertiary/aromatic N) is 1. The first-order valence-electron chi connectivity index (χ1n) is 14.0. The molecule has 0 bridgehead atoms. The van der Waals surface area contributed by atoms with E-state index in [1.165, 1.54) is 0 Å². The average Bonchev–Trinajstić information content (AvgIpc) is 3.53. The summed E-state index contributed by atoms with van der Waals surface area (Å²) < 4.78 is 10.1. The van der Waals surface area contributed by atoms with Crippen molar-refractivity contribution < 1.29 is 33.4 Å². The summed E-state index contributed by atoms with van der Waals surface area (Å²) in [7, 11) is 1.14. The Labute approximate surface area is 224 Å². The van der Waals surface area contributed by atoms with Gasteiger partial charge in [0.05, 0.1) is 13.2 Å². The van der Waals surface area contributed by atoms with Crippen LogP contribution in [-0.4, -0.2) is 71.9 Å². The molecule has 10 heteroatoms. The summed E-state index contributed by atoms with van der Waals surface area (Å²) in [5.41, 5.74) is -0.837. The highest BCUT2D eigenvalue weighted by Gasteiger charge is 2.69. The number of piperidine rings is 1. The molecule has 2 N–H and O–H groups in total. The van der Waals surface area contributed by atoms with Gasteiger partial charge in [-0.15, -0.1) is 0 Å². The molecule has 3 aliphatic carbocycles. The minimum absolute atomic E-state index is 0.0350. The molecule has 10 nitrogen and oxygen atoms in total. The summed E-state index contributed by atoms with van der Waals surface area (Å²) in [5.74, 6) is -2.14. The van der Waals surface area contributed by atoms with Crippen LogP contribution in [-0.2, 0) is 28.7 Å². The molecule has 4 fully saturated rings. The molecule has 1 saturated heterocycles. The van der Waals surface area contributed by atoms with Crippen LogP contribution in [0.2, 0.25) is 0 Å². The maximum Gasteiger partial charge on any atom is 0.408 e. The van der Waals surface area contributed by atoms with Crippen molar-refractivity contribution in [2.75, 3.05) is 13.7 Å². The van der Waals surface area contributed by atoms with Crippen molar-refractivity contribution in [3.05, 3.63) is 0 Å². The Morgan fingerprint density at radius 1 is 1.00 bits per heavy atom. The highest BCUT2D eigenvalue weighted by molar-refractivity contribution is 6.36. The number of Topliss-reactive ketones (excluding diaryl/α,β-unsaturated/α-hetero) is 1. The van der Waals surface area contributed by atoms with E-state index in [0.29, 0.717) is 13.0 Å². The molecule has 1 aliphatic heterocycles. The summed E-state index contributed by atoms with van der Waals surface area (Å²) in [6.45, 7) is 9.87. The zero-order valence-electron chi connectivity index (χ0n) is 23.5. The van der Waals surface area contributed by atoms with E-state index in [9.17, 15) is 24.0 Å². The van der Waals surface area contributed by atoms with Gasteiger partial charge in [-0.05, 0) is 69.1 Å². The Kier molecular flexibility index (Phi) is 7.83. The number of alkyl carbamates (subject to hydrolysis) is 1. The van der Waals surface area contributed by atoms with Crippen molar-refractivity contribution in [3.63, 3.8) is 0 Å². The zero-order chi connectivity index (χ0) is 28.0. The zero-order valence-corrected chi connectivity index (χ0v) is 23.5. The highest BCUT2D eigenvalue weighted by Crippen LogP contribution is 2.65. The minimum Gasteiger partial charge on any atom is -0.463 e. The van der Waals surface area contributed by atoms with Crippen molar-refractivity contribution in [2.45, 2.75) is 103 Å². The number of carbonyl (C=O) groups excluding carboxylic acids is 5. The number of nitrogens with one attached hydrogen (secondary N) is 2. The molecule has 0 radical (unpaired) electrons. The second kappa shape index (κ2) is 10.5. The van der Waals surface area contributed by atoms with Gasteiger partial charge in [0, 0.05) is 6.54 Å². The number of hydrogen-bond donors (Lipinski definition) is 2. The van der Waals surface area contributed by atoms with E-state index in [4.69, 9.17) is 4.74 Å². The summed E-state index contributed by atoms with van der Waals surface area (Å²) in [5, 5.41) is 5.63. The molecule has 4 rings (SSSR count). The summed E-state index contributed by atoms with van der Waals surface area (Å²) in [6, 6.07) is -2.55. The van der Waals surface area contributed by atoms with Gasteiger partial charge in [0.25, 0.3) is 5.78 Å². The molecule has 0 spiro atoms. The summed E-state index contributed by atoms with van der Waals surface area (Å²) in [6.07, 6.45) is 5.21. The van der Waals surface area contributed by atoms with Crippen molar-refractivity contribution in [1.82, 2.24) is 15.5 Å². The molecule has 212 valence electrons. The average molecular weight is 534 g/mol. The lowest BCUT2D eigenvalue weighted by Gasteiger charge is -2.35. The highest BCUT2D eigenvalue weighted by atomic mass is 16.6. The Balaban J connectivity index is 1.54. The van der Waals surface area contributed by atoms with Crippen LogP contribution in [0.15, 0.2) is 0 Å². The van der Waals surface area contributed by atoms with Crippen LogP contribution < -0.4 is 10.6 Å². The molecule has 1 heterocycles. The van der Waals surface area contributed by atoms with Gasteiger partial charge in [-0.1, -0.05) is 39.5 Å². The van der Waals surface area contributed by atoms with Crippen molar-refractivity contribution in [2.24, 2.45) is 29.1 Å². The molecule has 0 aromatic carbocycles. The van der Waals surface area contributed by atoms with Crippen LogP contribution in [0.1, 0.15) is 79.6 Å². The first kappa shape index (κ1) is 28.4. The van der Waals surface area contributed by atoms with Gasteiger partial charge < -0.3 is 25.0 Å². The molecule has 3 amide bonds. The van der Waals surface area contributed by atoms with E-state index in [1.54, 1.807) is 25.7 Å². The third kappa shape index (κ3) is 5.99. The Bertz CT molecular complexity index is 977. The Morgan fingerprint density at radius 3 is 2.18 bits per heavy atom. The van der Waals surface area contributed by atoms with Crippen LogP contribution in [0.3, 0.4) is 0 Å². The smallest absolute Gasteiger partial charge is 0.408 e. The molecule has 3 saturated carbocycles. The first-order valence-corrected chi connectivity index (χ1v) is 14.0. The second-order valence-corrected chi connectivity index (χ2v) is 13.2. The quantitative estimate of drug-likeness (QED) is 0.344. The van der Waals surface area contributed by atoms with E-state index in [2.05, 4.69) is 29.2 Å². The van der Waals surface area contributed by atoms with Crippen molar-refractivity contribution in [3.8, 4) is 0 Å². The Morgan fingerprint density at radius 2 is 1.63 bits per heavy atom. The fourth-order valence-electron chi connectivity index (χ4n) is 6.52. The number of likely N-dealkylation sites (tertiary alicyclic amines) is 1. The molecule has 38 heavy (non-hydrogen) atoms. The lowest BCUT2D eigenvalue weighted by atomic mass is 9.94. The predicted octanol–water partition coefficient (Wildman–Crippen LogP) is 2.58. The topological polar surface area (TPSA) is 131 Å². The number of rotatable bonds is 9. The van der Waals surface area contributed by atoms with Gasteiger partial charge in [0.2, 0.25) is 11.8 Å². The number of carbonyl (C=O) groups is 5. The van der Waals surface area contributed by atoms with E-state index in [1.807, 2.05) is 0 Å². The van der Waals surface area contributed by atoms with Gasteiger partial charge in [-0.2, -0.15) is 0 Å². The van der Waals surface area contributed by atoms with E-state index >= 15 is 0 Å². The minimum atomic E-state index is -0.984. The lowest BCUT2D eigenvalue weighted by Crippen LogP contribution is -2.59. The lowest BCUT2D eigenvalue weighted by molar-refractivity contribution is -0.153. The van der Waals surface area contributed by atoms with Gasteiger partial charge in [0.1, 0.15) is 17.7 Å². The predicted molar refractivity (Wildman–Crippen MR) is 138 cm³/mol. The van der Waals surface area contributed by atoms with Gasteiger partial charge in [0.15, 0.2) is 0 Å². The number of hydrogen-bond acceptors (Lipinski definition) is 7. The Hall–Kier alpha value is -2.65. The van der Waals surface area contributed by atoms with E-state index in [-0.39, 0.29) is 35.0 Å². The van der Waals surface area contributed by atoms with Gasteiger partial charge in [-0.3, -0.25) is 14.4 Å². The molecular formula is C28H43N3O7. The summed E-state index contributed by atoms with van der Waals surface area (Å²) >= 11 is 0. The SMILES string of the molecule is COC(=O)C(=O)C(CC1CC1)NC(=O)[C@@H]1C2C(CN1C(=O)[C@@H](NC(=O)OC(C)(C)C)C1CCCC1)C2(C)C. The monoisotopic (exact) mass is 533 g/mol. The number of esters is 1. The maximum atomic E-state index is 14.0. The fraction of sp³-hybridized carbons (Fsp3) is 0.821. The number of amides is 3. The van der Waals surface area contributed by atoms with Crippen molar-refractivity contribution >= 4 is 29.7 Å². The second-order valence-electron chi connectivity index (χ2n) is 13.2. The van der Waals surface area contributed by atoms with Crippen LogP contribution in [0, 0.1) is 29.1 Å². The third-order valence-corrected chi connectivity index (χ3v) is 8.86. The molecule has 4 aliphatic rings. The van der Waals surface area contributed by atoms with Crippen LogP contribution >= 0.6 is 0 Å². The fourth-order valence-corrected chi connectivity index (χ4v) is 6.52. The standard InChI is InChI=1S/C28H43N3O7/c1-27(2,3)38-26(36)30-20(16-9-7-8-10-16)24(34)31-14-17-19(28(17,4)5)21(31)23(33)29-18(13-15-11-12-15)22(32)25(35)37-6/h15-21H,7-14H2,1-6H3,(H,29,33)(H,30,36)/t17?,18?,19?,20-,21-/m0/s1. The molecular weight excluding hydrogens is 490 g/mol. The molecule has 5 atom stereocenters. The van der Waals surface area contributed by atoms with Crippen LogP contribution in [0.5, 0.6) is 0 Å². The van der Waals surface area contributed by atoms with E-state index in [0.717, 1.165) is 45.6 Å². The maximum absolute atomic E-state index is 14.0. The molecule has 3 unspecified atom stereocenters. The third-order valence-electron chi connectivity index (χ3n) is 8.86. The number of methoxy groups -OCH3 is 1. The number of ether oxygens (including phenoxy) is 2. The van der Waals surface area contributed by atoms with Gasteiger partial charge in [-0.25, -0.2) is 9.59 Å². The molecule has 0 aromatic heterocycles. The van der Waals surface area contributed by atoms with E-state index < -0.39 is 47.5 Å². The number of fused-ring (bicyclic) bond motifs is 1. The van der Waals surface area contributed by atoms with Crippen LogP contribution in [0.4, 0.5) is 4.79 Å². The largest absolute Gasteiger partial charge is 0.463 e. The van der Waals surface area contributed by atoms with Gasteiger partial charge >= 0.3 is 12.1 Å². The van der Waals surface area contributed by atoms with Crippen LogP contribution in [0.25, 0.3) is 0 Å². The normalized spacial score (nSPS) is 27.6. The molecule has 0 aromatic rings. The number of ketones is 1. The summed E-state index contributed by atoms with van der Waals surface area (Å²) in [4.78, 5) is 66.8.